The molecule has 1 aromatic rings. The molecule has 3 nitrogen and oxygen atoms in total. The topological polar surface area (TPSA) is 49.3 Å². The maximum absolute atomic E-state index is 12.2. The summed E-state index contributed by atoms with van der Waals surface area (Å²) in [6, 6.07) is 1.84. The van der Waals surface area contributed by atoms with Crippen molar-refractivity contribution < 1.29 is 9.90 Å². The molecule has 0 fully saturated rings. The molecule has 0 heterocycles. The van der Waals surface area contributed by atoms with Gasteiger partial charge in [0.1, 0.15) is 5.75 Å². The number of unbranched alkanes of at least 4 members (excludes halogenated alkanes) is 5. The molecule has 1 aromatic carbocycles. The molecule has 0 bridgehead atoms. The molecule has 2 N–H and O–H groups in total. The zero-order valence-electron chi connectivity index (χ0n) is 19.5. The molecule has 0 unspecified atom stereocenters. The first-order valence-corrected chi connectivity index (χ1v) is 11.5. The van der Waals surface area contributed by atoms with Gasteiger partial charge in [0.2, 0.25) is 5.91 Å². The molecular weight excluding hydrogens is 370 g/mol. The van der Waals surface area contributed by atoms with Crippen LogP contribution in [0.2, 0.25) is 0 Å². The van der Waals surface area contributed by atoms with E-state index in [1.165, 1.54) is 25.7 Å². The second-order valence-electron chi connectivity index (χ2n) is 8.01. The zero-order chi connectivity index (χ0) is 22.2. The Labute approximate surface area is 184 Å². The lowest BCUT2D eigenvalue weighted by molar-refractivity contribution is -0.116. The van der Waals surface area contributed by atoms with Crippen molar-refractivity contribution in [2.24, 2.45) is 0 Å². The van der Waals surface area contributed by atoms with Gasteiger partial charge in [0.15, 0.2) is 0 Å². The van der Waals surface area contributed by atoms with Gasteiger partial charge in [-0.15, -0.1) is 0 Å². The quantitative estimate of drug-likeness (QED) is 0.186. The Bertz CT molecular complexity index is 729. The van der Waals surface area contributed by atoms with Gasteiger partial charge < -0.3 is 10.4 Å². The minimum atomic E-state index is 0.0391. The first kappa shape index (κ1) is 25.7. The van der Waals surface area contributed by atoms with E-state index in [9.17, 15) is 9.90 Å². The second-order valence-corrected chi connectivity index (χ2v) is 8.01. The molecule has 0 saturated heterocycles. The molecule has 166 valence electrons. The first-order valence-electron chi connectivity index (χ1n) is 11.5. The van der Waals surface area contributed by atoms with Crippen molar-refractivity contribution in [2.45, 2.75) is 91.9 Å². The predicted octanol–water partition coefficient (Wildman–Crippen LogP) is 7.85. The van der Waals surface area contributed by atoms with Gasteiger partial charge in [-0.2, -0.15) is 0 Å². The molecular formula is C27H41NO2. The molecule has 0 radical (unpaired) electrons. The van der Waals surface area contributed by atoms with Crippen LogP contribution in [0.1, 0.15) is 87.8 Å². The van der Waals surface area contributed by atoms with Crippen molar-refractivity contribution in [1.82, 2.24) is 0 Å². The standard InChI is InChI=1S/C27H41NO2/c1-5-6-7-8-9-10-11-12-13-14-15-16-17-18-19-20-26(29)28-25-21-22(2)27(30)24(4)23(25)3/h9-10,12-13,15-16,21,30H,5-8,11,14,17-20H2,1-4H3,(H,28,29)/b10-9+,13-12+,16-15+. The Morgan fingerprint density at radius 2 is 1.43 bits per heavy atom. The highest BCUT2D eigenvalue weighted by Gasteiger charge is 2.11. The number of carbonyl (C=O) groups is 1. The molecule has 1 amide bonds. The Morgan fingerprint density at radius 3 is 2.03 bits per heavy atom. The van der Waals surface area contributed by atoms with Crippen molar-refractivity contribution in [3.05, 3.63) is 59.2 Å². The highest BCUT2D eigenvalue weighted by molar-refractivity contribution is 5.92. The summed E-state index contributed by atoms with van der Waals surface area (Å²) in [4.78, 5) is 12.2. The number of rotatable bonds is 14. The van der Waals surface area contributed by atoms with Crippen LogP contribution in [-0.2, 0) is 4.79 Å². The summed E-state index contributed by atoms with van der Waals surface area (Å²) in [6.07, 6.45) is 23.9. The normalized spacial score (nSPS) is 11.9. The van der Waals surface area contributed by atoms with Crippen molar-refractivity contribution in [3.63, 3.8) is 0 Å². The van der Waals surface area contributed by atoms with Crippen molar-refractivity contribution in [3.8, 4) is 5.75 Å². The molecule has 1 rings (SSSR count). The van der Waals surface area contributed by atoms with E-state index in [1.54, 1.807) is 0 Å². The van der Waals surface area contributed by atoms with Crippen molar-refractivity contribution in [2.75, 3.05) is 5.32 Å². The molecule has 0 aromatic heterocycles. The predicted molar refractivity (Wildman–Crippen MR) is 130 cm³/mol. The molecule has 0 spiro atoms. The van der Waals surface area contributed by atoms with Crippen LogP contribution in [-0.4, -0.2) is 11.0 Å². The monoisotopic (exact) mass is 411 g/mol. The van der Waals surface area contributed by atoms with Gasteiger partial charge in [-0.25, -0.2) is 0 Å². The van der Waals surface area contributed by atoms with Gasteiger partial charge >= 0.3 is 0 Å². The Morgan fingerprint density at radius 1 is 0.867 bits per heavy atom. The average Bonchev–Trinajstić information content (AvgIpc) is 2.73. The molecule has 0 aliphatic heterocycles. The number of aromatic hydroxyl groups is 1. The van der Waals surface area contributed by atoms with E-state index in [-0.39, 0.29) is 5.91 Å². The zero-order valence-corrected chi connectivity index (χ0v) is 19.5. The largest absolute Gasteiger partial charge is 0.507 e. The van der Waals surface area contributed by atoms with E-state index in [0.717, 1.165) is 54.5 Å². The summed E-state index contributed by atoms with van der Waals surface area (Å²) in [5, 5.41) is 13.0. The Hall–Kier alpha value is -2.29. The fourth-order valence-electron chi connectivity index (χ4n) is 3.25. The third kappa shape index (κ3) is 10.5. The summed E-state index contributed by atoms with van der Waals surface area (Å²) in [6.45, 7) is 7.89. The molecule has 0 atom stereocenters. The van der Waals surface area contributed by atoms with Gasteiger partial charge in [0, 0.05) is 12.1 Å². The Balaban J connectivity index is 2.14. The summed E-state index contributed by atoms with van der Waals surface area (Å²) in [7, 11) is 0. The van der Waals surface area contributed by atoms with Gasteiger partial charge in [0.05, 0.1) is 0 Å². The van der Waals surface area contributed by atoms with E-state index in [4.69, 9.17) is 0 Å². The van der Waals surface area contributed by atoms with Gasteiger partial charge in [-0.3, -0.25) is 4.79 Å². The average molecular weight is 412 g/mol. The highest BCUT2D eigenvalue weighted by atomic mass is 16.3. The Kier molecular flexibility index (Phi) is 13.3. The number of carbonyl (C=O) groups excluding carboxylic acids is 1. The maximum Gasteiger partial charge on any atom is 0.224 e. The van der Waals surface area contributed by atoms with Crippen LogP contribution in [0, 0.1) is 20.8 Å². The van der Waals surface area contributed by atoms with E-state index in [0.29, 0.717) is 12.2 Å². The lowest BCUT2D eigenvalue weighted by Crippen LogP contribution is -2.12. The number of allylic oxidation sites excluding steroid dienone is 6. The SMILES string of the molecule is CCCCC/C=C/C/C=C/C/C=C/CCCCC(=O)Nc1cc(C)c(O)c(C)c1C. The third-order valence-corrected chi connectivity index (χ3v) is 5.37. The van der Waals surface area contributed by atoms with E-state index >= 15 is 0 Å². The van der Waals surface area contributed by atoms with Gasteiger partial charge in [-0.05, 0) is 88.5 Å². The number of nitrogens with one attached hydrogen (secondary N) is 1. The number of phenols is 1. The van der Waals surface area contributed by atoms with Crippen molar-refractivity contribution >= 4 is 11.6 Å². The maximum atomic E-state index is 12.2. The summed E-state index contributed by atoms with van der Waals surface area (Å²) in [5.41, 5.74) is 3.34. The number of amides is 1. The number of anilines is 1. The number of phenolic OH excluding ortho intramolecular Hbond substituents is 1. The van der Waals surface area contributed by atoms with Crippen LogP contribution in [0.3, 0.4) is 0 Å². The molecule has 0 aliphatic rings. The van der Waals surface area contributed by atoms with Crippen LogP contribution in [0.4, 0.5) is 5.69 Å². The van der Waals surface area contributed by atoms with Gasteiger partial charge in [0.25, 0.3) is 0 Å². The van der Waals surface area contributed by atoms with Crippen molar-refractivity contribution in [1.29, 1.82) is 0 Å². The number of hydrogen-bond acceptors (Lipinski definition) is 2. The lowest BCUT2D eigenvalue weighted by atomic mass is 10.0. The molecule has 30 heavy (non-hydrogen) atoms. The van der Waals surface area contributed by atoms with Crippen LogP contribution in [0.5, 0.6) is 5.75 Å². The smallest absolute Gasteiger partial charge is 0.224 e. The summed E-state index contributed by atoms with van der Waals surface area (Å²) in [5.74, 6) is 0.350. The van der Waals surface area contributed by atoms with E-state index in [1.807, 2.05) is 26.8 Å². The minimum absolute atomic E-state index is 0.0391. The van der Waals surface area contributed by atoms with Crippen LogP contribution in [0.15, 0.2) is 42.5 Å². The minimum Gasteiger partial charge on any atom is -0.507 e. The molecule has 0 aliphatic carbocycles. The van der Waals surface area contributed by atoms with Crippen LogP contribution in [0.25, 0.3) is 0 Å². The number of hydrogen-bond donors (Lipinski definition) is 2. The fraction of sp³-hybridized carbons (Fsp3) is 0.519. The van der Waals surface area contributed by atoms with Crippen LogP contribution < -0.4 is 5.32 Å². The number of benzene rings is 1. The molecule has 3 heteroatoms. The highest BCUT2D eigenvalue weighted by Crippen LogP contribution is 2.30. The first-order chi connectivity index (χ1) is 14.5. The lowest BCUT2D eigenvalue weighted by Gasteiger charge is -2.14. The van der Waals surface area contributed by atoms with E-state index in [2.05, 4.69) is 48.7 Å². The fourth-order valence-corrected chi connectivity index (χ4v) is 3.25. The van der Waals surface area contributed by atoms with Gasteiger partial charge in [-0.1, -0.05) is 56.2 Å². The molecule has 0 saturated carbocycles. The summed E-state index contributed by atoms with van der Waals surface area (Å²) < 4.78 is 0. The third-order valence-electron chi connectivity index (χ3n) is 5.37. The van der Waals surface area contributed by atoms with Crippen LogP contribution >= 0.6 is 0 Å². The summed E-state index contributed by atoms with van der Waals surface area (Å²) >= 11 is 0. The number of aryl methyl sites for hydroxylation is 1. The van der Waals surface area contributed by atoms with E-state index < -0.39 is 0 Å². The second kappa shape index (κ2) is 15.5.